The molecular formula is C36H56N4O. The summed E-state index contributed by atoms with van der Waals surface area (Å²) in [6.45, 7) is 37.1. The Bertz CT molecular complexity index is 1130. The predicted molar refractivity (Wildman–Crippen MR) is 181 cm³/mol. The number of hydrogen-bond acceptors (Lipinski definition) is 5. The molecule has 0 aromatic rings. The van der Waals surface area contributed by atoms with E-state index in [1.165, 1.54) is 5.57 Å². The maximum absolute atomic E-state index is 9.62. The van der Waals surface area contributed by atoms with Crippen LogP contribution in [0.5, 0.6) is 0 Å². The Balaban J connectivity index is 0. The Labute approximate surface area is 252 Å². The molecule has 0 rings (SSSR count). The van der Waals surface area contributed by atoms with E-state index in [0.717, 1.165) is 46.7 Å². The van der Waals surface area contributed by atoms with Gasteiger partial charge >= 0.3 is 0 Å². The van der Waals surface area contributed by atoms with E-state index in [2.05, 4.69) is 62.7 Å². The third-order valence-corrected chi connectivity index (χ3v) is 5.79. The monoisotopic (exact) mass is 560 g/mol. The lowest BCUT2D eigenvalue weighted by Crippen LogP contribution is -2.19. The second-order valence-corrected chi connectivity index (χ2v) is 10.3. The highest BCUT2D eigenvalue weighted by Gasteiger charge is 2.15. The van der Waals surface area contributed by atoms with Gasteiger partial charge in [-0.2, -0.15) is 10.4 Å². The molecule has 0 aromatic carbocycles. The molecule has 0 aliphatic rings. The number of nitriles is 1. The van der Waals surface area contributed by atoms with Crippen molar-refractivity contribution in [1.82, 2.24) is 10.3 Å². The van der Waals surface area contributed by atoms with Crippen LogP contribution in [0, 0.1) is 11.3 Å². The molecule has 0 aromatic heterocycles. The van der Waals surface area contributed by atoms with E-state index in [-0.39, 0.29) is 5.60 Å². The average molecular weight is 561 g/mol. The molecule has 41 heavy (non-hydrogen) atoms. The van der Waals surface area contributed by atoms with Gasteiger partial charge in [0.05, 0.1) is 17.0 Å². The number of allylic oxidation sites excluding steroid dienone is 9. The Morgan fingerprint density at radius 2 is 1.68 bits per heavy atom. The van der Waals surface area contributed by atoms with Gasteiger partial charge in [0, 0.05) is 24.9 Å². The molecule has 1 N–H and O–H groups in total. The summed E-state index contributed by atoms with van der Waals surface area (Å²) in [6.07, 6.45) is 13.9. The van der Waals surface area contributed by atoms with Crippen LogP contribution >= 0.6 is 0 Å². The molecule has 0 saturated heterocycles. The zero-order valence-corrected chi connectivity index (χ0v) is 27.9. The van der Waals surface area contributed by atoms with Crippen molar-refractivity contribution in [3.05, 3.63) is 108 Å². The van der Waals surface area contributed by atoms with Crippen molar-refractivity contribution < 1.29 is 4.74 Å². The molecular weight excluding hydrogens is 504 g/mol. The van der Waals surface area contributed by atoms with Crippen LogP contribution in [-0.4, -0.2) is 29.9 Å². The molecule has 0 saturated carbocycles. The van der Waals surface area contributed by atoms with E-state index in [0.29, 0.717) is 24.3 Å². The summed E-state index contributed by atoms with van der Waals surface area (Å²) in [6, 6.07) is 2.26. The third kappa shape index (κ3) is 16.2. The molecule has 0 unspecified atom stereocenters. The lowest BCUT2D eigenvalue weighted by Gasteiger charge is -2.24. The zero-order chi connectivity index (χ0) is 32.2. The van der Waals surface area contributed by atoms with E-state index < -0.39 is 0 Å². The fourth-order valence-corrected chi connectivity index (χ4v) is 3.64. The summed E-state index contributed by atoms with van der Waals surface area (Å²) in [7, 11) is 1.84. The number of nitrogens with one attached hydrogen (secondary N) is 1. The van der Waals surface area contributed by atoms with Crippen molar-refractivity contribution in [1.29, 1.82) is 5.26 Å². The summed E-state index contributed by atoms with van der Waals surface area (Å²) in [5, 5.41) is 19.3. The van der Waals surface area contributed by atoms with Crippen LogP contribution in [0.4, 0.5) is 0 Å². The molecule has 0 aliphatic heterocycles. The fraction of sp³-hybridized carbons (Fsp3) is 0.444. The smallest absolute Gasteiger partial charge is 0.120 e. The van der Waals surface area contributed by atoms with Crippen LogP contribution in [0.15, 0.2) is 113 Å². The van der Waals surface area contributed by atoms with E-state index in [1.54, 1.807) is 11.1 Å². The number of hydrogen-bond donors (Lipinski definition) is 1. The fourth-order valence-electron chi connectivity index (χ4n) is 3.64. The summed E-state index contributed by atoms with van der Waals surface area (Å²) < 4.78 is 5.95. The topological polar surface area (TPSA) is 60.6 Å². The Morgan fingerprint density at radius 1 is 1.07 bits per heavy atom. The van der Waals surface area contributed by atoms with Gasteiger partial charge in [-0.15, -0.1) is 0 Å². The molecule has 0 spiro atoms. The van der Waals surface area contributed by atoms with E-state index in [9.17, 15) is 5.26 Å². The lowest BCUT2D eigenvalue weighted by atomic mass is 10.0. The molecule has 226 valence electrons. The molecule has 0 aliphatic carbocycles. The van der Waals surface area contributed by atoms with Crippen molar-refractivity contribution in [3.63, 3.8) is 0 Å². The van der Waals surface area contributed by atoms with Crippen molar-refractivity contribution >= 4 is 5.71 Å². The lowest BCUT2D eigenvalue weighted by molar-refractivity contribution is 0.0588. The van der Waals surface area contributed by atoms with Gasteiger partial charge < -0.3 is 10.1 Å². The average Bonchev–Trinajstić information content (AvgIpc) is 2.91. The maximum Gasteiger partial charge on any atom is 0.120 e. The molecule has 0 bridgehead atoms. The normalized spacial score (nSPS) is 13.4. The first-order chi connectivity index (χ1) is 19.2. The molecule has 0 radical (unpaired) electrons. The van der Waals surface area contributed by atoms with Gasteiger partial charge in [-0.1, -0.05) is 88.6 Å². The Hall–Kier alpha value is -3.78. The highest BCUT2D eigenvalue weighted by Crippen LogP contribution is 2.24. The van der Waals surface area contributed by atoms with Crippen LogP contribution in [0.3, 0.4) is 0 Å². The first kappa shape index (κ1) is 39.4. The highest BCUT2D eigenvalue weighted by atomic mass is 16.5. The number of nitrogens with zero attached hydrogens (tertiary/aromatic N) is 3. The largest absolute Gasteiger partial charge is 0.488 e. The molecule has 5 heteroatoms. The first-order valence-electron chi connectivity index (χ1n) is 14.4. The minimum Gasteiger partial charge on any atom is -0.488 e. The van der Waals surface area contributed by atoms with Gasteiger partial charge in [-0.3, -0.25) is 5.01 Å². The number of ether oxygens (including phenoxy) is 1. The summed E-state index contributed by atoms with van der Waals surface area (Å²) in [5.74, 6) is 0.641. The minimum atomic E-state index is -0.310. The van der Waals surface area contributed by atoms with Crippen LogP contribution in [-0.2, 0) is 4.74 Å². The summed E-state index contributed by atoms with van der Waals surface area (Å²) >= 11 is 0. The van der Waals surface area contributed by atoms with Crippen LogP contribution in [0.2, 0.25) is 0 Å². The molecule has 0 heterocycles. The van der Waals surface area contributed by atoms with Crippen molar-refractivity contribution in [2.45, 2.75) is 94.1 Å². The van der Waals surface area contributed by atoms with Crippen LogP contribution in [0.25, 0.3) is 0 Å². The van der Waals surface area contributed by atoms with Gasteiger partial charge in [0.15, 0.2) is 0 Å². The van der Waals surface area contributed by atoms with Gasteiger partial charge in [0.1, 0.15) is 17.4 Å². The van der Waals surface area contributed by atoms with Gasteiger partial charge in [0.2, 0.25) is 0 Å². The zero-order valence-electron chi connectivity index (χ0n) is 27.9. The molecule has 0 amide bonds. The minimum absolute atomic E-state index is 0.310. The van der Waals surface area contributed by atoms with Gasteiger partial charge in [0.25, 0.3) is 0 Å². The van der Waals surface area contributed by atoms with E-state index >= 15 is 0 Å². The second-order valence-electron chi connectivity index (χ2n) is 10.3. The summed E-state index contributed by atoms with van der Waals surface area (Å²) in [5.41, 5.74) is 6.79. The Kier molecular flexibility index (Phi) is 20.2. The number of rotatable bonds is 16. The van der Waals surface area contributed by atoms with Crippen LogP contribution < -0.4 is 5.32 Å². The predicted octanol–water partition coefficient (Wildman–Crippen LogP) is 9.86. The Morgan fingerprint density at radius 3 is 2.15 bits per heavy atom. The maximum atomic E-state index is 9.62. The molecule has 0 fully saturated rings. The van der Waals surface area contributed by atoms with Crippen molar-refractivity contribution in [2.24, 2.45) is 5.10 Å². The van der Waals surface area contributed by atoms with Crippen LogP contribution in [0.1, 0.15) is 88.5 Å². The number of hydrazone groups is 1. The molecule has 0 atom stereocenters. The van der Waals surface area contributed by atoms with E-state index in [1.807, 2.05) is 86.7 Å². The second kappa shape index (κ2) is 21.0. The van der Waals surface area contributed by atoms with Gasteiger partial charge in [-0.25, -0.2) is 0 Å². The third-order valence-electron chi connectivity index (χ3n) is 5.79. The van der Waals surface area contributed by atoms with Crippen molar-refractivity contribution in [3.8, 4) is 6.07 Å². The SMILES string of the molecule is C=C/C(C(=C)OC(C)(C)C)=C(/C)C/C=C(\CC)CNC(=C)C(=C)C/C=C(/C(C#N)=C\C)N(C)/N=C(C)\C=C\C.CC. The highest BCUT2D eigenvalue weighted by molar-refractivity contribution is 5.92. The quantitative estimate of drug-likeness (QED) is 0.0509. The molecule has 5 nitrogen and oxygen atoms in total. The summed E-state index contributed by atoms with van der Waals surface area (Å²) in [4.78, 5) is 0. The van der Waals surface area contributed by atoms with E-state index in [4.69, 9.17) is 4.74 Å². The van der Waals surface area contributed by atoms with Crippen molar-refractivity contribution in [2.75, 3.05) is 13.6 Å². The number of likely N-dealkylation sites (N-methyl/N-ethyl adjacent to an activating group) is 1. The standard InChI is InChI=1S/C34H50N4O.C2H6/c1-14-18-27(7)37-38(13)33(31(16-3)23-35)22-20-25(5)28(8)36-24-30(15-2)21-19-26(6)32(17-4)29(9)39-34(10,11)12;1-2/h14,16-18,21-22,36H,4-5,8-9,15,19-20,24H2,1-3,6-7,10-13H3;1-2H3/b18-14+,30-21+,31-16-,32-26+,33-22-,37-27-;. The first-order valence-corrected chi connectivity index (χ1v) is 14.4. The van der Waals surface area contributed by atoms with Gasteiger partial charge in [-0.05, 0) is 79.4 Å².